The predicted molar refractivity (Wildman–Crippen MR) is 39.5 cm³/mol. The molecule has 1 aliphatic rings. The van der Waals surface area contributed by atoms with Gasteiger partial charge in [0, 0.05) is 6.20 Å². The summed E-state index contributed by atoms with van der Waals surface area (Å²) in [7, 11) is 1.75. The smallest absolute Gasteiger partial charge is 0.235 e. The van der Waals surface area contributed by atoms with Crippen LogP contribution in [-0.4, -0.2) is 30.3 Å². The van der Waals surface area contributed by atoms with Crippen LogP contribution < -0.4 is 5.32 Å². The first kappa shape index (κ1) is 7.94. The molecule has 4 nitrogen and oxygen atoms in total. The Balaban J connectivity index is 2.61. The number of hydrogen-bond acceptors (Lipinski definition) is 3. The molecular formula is C7H10N2O2. The van der Waals surface area contributed by atoms with Crippen LogP contribution in [0.15, 0.2) is 12.3 Å². The monoisotopic (exact) mass is 154 g/mol. The van der Waals surface area contributed by atoms with Crippen molar-refractivity contribution in [2.45, 2.75) is 6.42 Å². The van der Waals surface area contributed by atoms with Gasteiger partial charge in [-0.15, -0.1) is 0 Å². The molecule has 0 aromatic carbocycles. The average Bonchev–Trinajstić information content (AvgIpc) is 1.95. The van der Waals surface area contributed by atoms with E-state index in [4.69, 9.17) is 0 Å². The Labute approximate surface area is 64.9 Å². The van der Waals surface area contributed by atoms with E-state index in [1.54, 1.807) is 7.05 Å². The zero-order valence-corrected chi connectivity index (χ0v) is 6.33. The number of nitrogens with zero attached hydrogens (tertiary/aromatic N) is 1. The van der Waals surface area contributed by atoms with Crippen molar-refractivity contribution in [3.05, 3.63) is 12.3 Å². The lowest BCUT2D eigenvalue weighted by atomic mass is 10.2. The zero-order chi connectivity index (χ0) is 8.27. The van der Waals surface area contributed by atoms with Gasteiger partial charge in [-0.3, -0.25) is 9.59 Å². The molecule has 0 spiro atoms. The van der Waals surface area contributed by atoms with Crippen molar-refractivity contribution in [2.24, 2.45) is 0 Å². The highest BCUT2D eigenvalue weighted by molar-refractivity contribution is 6.06. The quantitative estimate of drug-likeness (QED) is 0.544. The fourth-order valence-corrected chi connectivity index (χ4v) is 0.877. The molecule has 0 aliphatic carbocycles. The highest BCUT2D eigenvalue weighted by Gasteiger charge is 2.17. The lowest BCUT2D eigenvalue weighted by Gasteiger charge is -2.19. The van der Waals surface area contributed by atoms with Gasteiger partial charge < -0.3 is 10.2 Å². The number of amides is 1. The minimum absolute atomic E-state index is 0.00181. The minimum atomic E-state index is -0.146. The average molecular weight is 154 g/mol. The maximum Gasteiger partial charge on any atom is 0.235 e. The van der Waals surface area contributed by atoms with E-state index < -0.39 is 0 Å². The Morgan fingerprint density at radius 1 is 1.64 bits per heavy atom. The van der Waals surface area contributed by atoms with Gasteiger partial charge in [0.1, 0.15) is 0 Å². The maximum absolute atomic E-state index is 11.0. The molecule has 0 fully saturated rings. The van der Waals surface area contributed by atoms with E-state index in [0.29, 0.717) is 6.67 Å². The molecular weight excluding hydrogens is 144 g/mol. The number of carbonyl (C=O) groups is 2. The number of allylic oxidation sites excluding steroid dienone is 1. The van der Waals surface area contributed by atoms with Crippen LogP contribution in [0.5, 0.6) is 0 Å². The molecule has 0 saturated carbocycles. The molecule has 0 bridgehead atoms. The summed E-state index contributed by atoms with van der Waals surface area (Å²) in [5.41, 5.74) is 0. The molecule has 1 aliphatic heterocycles. The van der Waals surface area contributed by atoms with Crippen molar-refractivity contribution in [2.75, 3.05) is 13.7 Å². The van der Waals surface area contributed by atoms with Crippen LogP contribution in [-0.2, 0) is 9.59 Å². The summed E-state index contributed by atoms with van der Waals surface area (Å²) in [4.78, 5) is 23.2. The Kier molecular flexibility index (Phi) is 2.38. The van der Waals surface area contributed by atoms with Gasteiger partial charge in [-0.05, 0) is 13.1 Å². The lowest BCUT2D eigenvalue weighted by Crippen LogP contribution is -2.36. The van der Waals surface area contributed by atoms with Gasteiger partial charge in [-0.1, -0.05) is 0 Å². The third-order valence-electron chi connectivity index (χ3n) is 1.41. The molecule has 1 rings (SSSR count). The Morgan fingerprint density at radius 3 is 2.91 bits per heavy atom. The second-order valence-corrected chi connectivity index (χ2v) is 2.33. The molecule has 1 amide bonds. The van der Waals surface area contributed by atoms with Crippen molar-refractivity contribution in [1.29, 1.82) is 0 Å². The normalized spacial score (nSPS) is 17.7. The van der Waals surface area contributed by atoms with E-state index in [1.807, 2.05) is 0 Å². The minimum Gasteiger partial charge on any atom is -0.305 e. The van der Waals surface area contributed by atoms with Crippen LogP contribution in [0.2, 0.25) is 0 Å². The summed E-state index contributed by atoms with van der Waals surface area (Å²) in [6, 6.07) is 0. The summed E-state index contributed by atoms with van der Waals surface area (Å²) in [6.45, 7) is 0.461. The highest BCUT2D eigenvalue weighted by atomic mass is 16.2. The molecule has 0 unspecified atom stereocenters. The van der Waals surface area contributed by atoms with E-state index in [9.17, 15) is 9.59 Å². The number of rotatable bonds is 2. The van der Waals surface area contributed by atoms with E-state index in [2.05, 4.69) is 5.32 Å². The van der Waals surface area contributed by atoms with E-state index in [-0.39, 0.29) is 18.1 Å². The second-order valence-electron chi connectivity index (χ2n) is 2.33. The molecule has 11 heavy (non-hydrogen) atoms. The third-order valence-corrected chi connectivity index (χ3v) is 1.41. The summed E-state index contributed by atoms with van der Waals surface area (Å²) >= 11 is 0. The van der Waals surface area contributed by atoms with Crippen molar-refractivity contribution >= 4 is 11.7 Å². The van der Waals surface area contributed by atoms with Gasteiger partial charge >= 0.3 is 0 Å². The van der Waals surface area contributed by atoms with E-state index in [1.165, 1.54) is 17.2 Å². The molecule has 1 heterocycles. The van der Waals surface area contributed by atoms with Gasteiger partial charge in [-0.25, -0.2) is 0 Å². The first-order valence-electron chi connectivity index (χ1n) is 3.39. The molecule has 0 atom stereocenters. The van der Waals surface area contributed by atoms with Crippen LogP contribution in [0, 0.1) is 0 Å². The number of ketones is 1. The van der Waals surface area contributed by atoms with Gasteiger partial charge in [0.15, 0.2) is 5.78 Å². The third kappa shape index (κ3) is 1.88. The Bertz CT molecular complexity index is 210. The topological polar surface area (TPSA) is 49.4 Å². The molecule has 0 aromatic heterocycles. The highest BCUT2D eigenvalue weighted by Crippen LogP contribution is 2.02. The van der Waals surface area contributed by atoms with Crippen molar-refractivity contribution < 1.29 is 9.59 Å². The number of nitrogens with one attached hydrogen (secondary N) is 1. The van der Waals surface area contributed by atoms with Crippen LogP contribution in [0.25, 0.3) is 0 Å². The van der Waals surface area contributed by atoms with Crippen LogP contribution in [0.3, 0.4) is 0 Å². The lowest BCUT2D eigenvalue weighted by molar-refractivity contribution is -0.133. The largest absolute Gasteiger partial charge is 0.305 e. The molecule has 0 aromatic rings. The number of carbonyl (C=O) groups excluding carboxylic acids is 2. The maximum atomic E-state index is 11.0. The van der Waals surface area contributed by atoms with Crippen molar-refractivity contribution in [3.63, 3.8) is 0 Å². The fraction of sp³-hybridized carbons (Fsp3) is 0.429. The molecule has 4 heteroatoms. The van der Waals surface area contributed by atoms with Gasteiger partial charge in [-0.2, -0.15) is 0 Å². The second kappa shape index (κ2) is 3.30. The first-order valence-corrected chi connectivity index (χ1v) is 3.39. The summed E-state index contributed by atoms with van der Waals surface area (Å²) in [5.74, 6) is -0.269. The standard InChI is InChI=1S/C7H10N2O2/c1-8-5-9-3-2-6(10)4-7(9)11/h2-3,8H,4-5H2,1H3. The molecule has 0 saturated heterocycles. The SMILES string of the molecule is CNCN1C=CC(=O)CC1=O. The number of hydrogen-bond donors (Lipinski definition) is 1. The fourth-order valence-electron chi connectivity index (χ4n) is 0.877. The summed E-state index contributed by atoms with van der Waals surface area (Å²) in [6.07, 6.45) is 2.92. The van der Waals surface area contributed by atoms with Crippen molar-refractivity contribution in [3.8, 4) is 0 Å². The van der Waals surface area contributed by atoms with Crippen LogP contribution in [0.4, 0.5) is 0 Å². The van der Waals surface area contributed by atoms with E-state index in [0.717, 1.165) is 0 Å². The Hall–Kier alpha value is -1.16. The van der Waals surface area contributed by atoms with Crippen molar-refractivity contribution in [1.82, 2.24) is 10.2 Å². The van der Waals surface area contributed by atoms with Crippen LogP contribution >= 0.6 is 0 Å². The van der Waals surface area contributed by atoms with Gasteiger partial charge in [0.2, 0.25) is 5.91 Å². The van der Waals surface area contributed by atoms with E-state index >= 15 is 0 Å². The Morgan fingerprint density at radius 2 is 2.36 bits per heavy atom. The molecule has 1 N–H and O–H groups in total. The summed E-state index contributed by atoms with van der Waals surface area (Å²) in [5, 5.41) is 2.83. The molecule has 0 radical (unpaired) electrons. The zero-order valence-electron chi connectivity index (χ0n) is 6.33. The molecule has 60 valence electrons. The van der Waals surface area contributed by atoms with Gasteiger partial charge in [0.05, 0.1) is 13.1 Å². The summed E-state index contributed by atoms with van der Waals surface area (Å²) < 4.78 is 0. The van der Waals surface area contributed by atoms with Gasteiger partial charge in [0.25, 0.3) is 0 Å². The first-order chi connectivity index (χ1) is 5.24. The predicted octanol–water partition coefficient (Wildman–Crippen LogP) is -0.522. The van der Waals surface area contributed by atoms with Crippen LogP contribution in [0.1, 0.15) is 6.42 Å².